The molecule has 23 heavy (non-hydrogen) atoms. The van der Waals surface area contributed by atoms with Gasteiger partial charge in [-0.1, -0.05) is 17.7 Å². The van der Waals surface area contributed by atoms with E-state index in [0.29, 0.717) is 17.9 Å². The minimum Gasteiger partial charge on any atom is -0.373 e. The first-order valence-electron chi connectivity index (χ1n) is 7.43. The Bertz CT molecular complexity index is 759. The molecule has 0 aromatic heterocycles. The monoisotopic (exact) mass is 337 g/mol. The normalized spacial score (nSPS) is 32.7. The summed E-state index contributed by atoms with van der Waals surface area (Å²) in [6.07, 6.45) is 0.807. The molecule has 3 saturated heterocycles. The van der Waals surface area contributed by atoms with Crippen LogP contribution < -0.4 is 0 Å². The first kappa shape index (κ1) is 14.8. The van der Waals surface area contributed by atoms with Crippen molar-refractivity contribution in [2.45, 2.75) is 36.9 Å². The first-order chi connectivity index (χ1) is 10.9. The lowest BCUT2D eigenvalue weighted by atomic mass is 9.81. The van der Waals surface area contributed by atoms with Crippen LogP contribution in [0.25, 0.3) is 0 Å². The van der Waals surface area contributed by atoms with Gasteiger partial charge in [-0.15, -0.1) is 9.35 Å². The molecule has 4 unspecified atom stereocenters. The highest BCUT2D eigenvalue weighted by atomic mass is 32.2. The lowest BCUT2D eigenvalue weighted by Gasteiger charge is -2.16. The first-order valence-corrected chi connectivity index (χ1v) is 8.84. The Kier molecular flexibility index (Phi) is 3.13. The fourth-order valence-corrected chi connectivity index (χ4v) is 4.50. The van der Waals surface area contributed by atoms with Gasteiger partial charge in [0, 0.05) is 0 Å². The predicted octanol–water partition coefficient (Wildman–Crippen LogP) is 0.778. The third kappa shape index (κ3) is 2.13. The van der Waals surface area contributed by atoms with Crippen molar-refractivity contribution in [3.63, 3.8) is 0 Å². The van der Waals surface area contributed by atoms with Gasteiger partial charge in [-0.2, -0.15) is 8.42 Å². The van der Waals surface area contributed by atoms with E-state index in [0.717, 1.165) is 5.56 Å². The van der Waals surface area contributed by atoms with Crippen LogP contribution in [0, 0.1) is 18.8 Å². The number of imide groups is 1. The van der Waals surface area contributed by atoms with E-state index in [1.807, 2.05) is 6.92 Å². The molecule has 3 heterocycles. The van der Waals surface area contributed by atoms with Gasteiger partial charge in [0.05, 0.1) is 28.9 Å². The van der Waals surface area contributed by atoms with Crippen LogP contribution in [0.2, 0.25) is 0 Å². The standard InChI is InChI=1S/C15H15NO6S/c1-8-2-4-9(5-3-8)23(19,20)22-16-14(17)12-10-6-7-11(21-10)13(12)15(16)18/h2-5,10-13H,6-7H2,1H3. The van der Waals surface area contributed by atoms with Crippen LogP contribution in [0.15, 0.2) is 29.2 Å². The molecule has 7 nitrogen and oxygen atoms in total. The summed E-state index contributed by atoms with van der Waals surface area (Å²) in [4.78, 5) is 24.7. The fourth-order valence-electron chi connectivity index (χ4n) is 3.60. The molecule has 1 aromatic rings. The largest absolute Gasteiger partial charge is 0.373 e. The molecular formula is C15H15NO6S. The Morgan fingerprint density at radius 2 is 1.57 bits per heavy atom. The number of nitrogens with zero attached hydrogens (tertiary/aromatic N) is 1. The summed E-state index contributed by atoms with van der Waals surface area (Å²) in [6, 6.07) is 5.99. The highest BCUT2D eigenvalue weighted by Gasteiger charge is 2.63. The van der Waals surface area contributed by atoms with Crippen molar-refractivity contribution >= 4 is 21.9 Å². The van der Waals surface area contributed by atoms with Crippen LogP contribution in [0.3, 0.4) is 0 Å². The van der Waals surface area contributed by atoms with Gasteiger partial charge in [-0.05, 0) is 31.9 Å². The van der Waals surface area contributed by atoms with E-state index < -0.39 is 33.8 Å². The van der Waals surface area contributed by atoms with Crippen molar-refractivity contribution in [3.05, 3.63) is 29.8 Å². The zero-order chi connectivity index (χ0) is 16.4. The highest BCUT2D eigenvalue weighted by molar-refractivity contribution is 7.86. The lowest BCUT2D eigenvalue weighted by Crippen LogP contribution is -2.36. The number of hydrogen-bond acceptors (Lipinski definition) is 6. The van der Waals surface area contributed by atoms with Crippen LogP contribution in [0.4, 0.5) is 0 Å². The van der Waals surface area contributed by atoms with Gasteiger partial charge in [-0.3, -0.25) is 9.59 Å². The number of fused-ring (bicyclic) bond motifs is 5. The third-order valence-electron chi connectivity index (χ3n) is 4.73. The average molecular weight is 337 g/mol. The summed E-state index contributed by atoms with van der Waals surface area (Å²) in [5.41, 5.74) is 0.889. The van der Waals surface area contributed by atoms with E-state index in [-0.39, 0.29) is 17.1 Å². The number of carbonyl (C=O) groups is 2. The second-order valence-electron chi connectivity index (χ2n) is 6.15. The fraction of sp³-hybridized carbons (Fsp3) is 0.467. The highest BCUT2D eigenvalue weighted by Crippen LogP contribution is 2.48. The maximum Gasteiger partial charge on any atom is 0.318 e. The van der Waals surface area contributed by atoms with Crippen molar-refractivity contribution in [2.24, 2.45) is 11.8 Å². The Labute approximate surface area is 133 Å². The topological polar surface area (TPSA) is 90.0 Å². The zero-order valence-corrected chi connectivity index (χ0v) is 13.2. The predicted molar refractivity (Wildman–Crippen MR) is 76.2 cm³/mol. The van der Waals surface area contributed by atoms with Crippen LogP contribution >= 0.6 is 0 Å². The van der Waals surface area contributed by atoms with Crippen molar-refractivity contribution in [3.8, 4) is 0 Å². The van der Waals surface area contributed by atoms with E-state index >= 15 is 0 Å². The molecule has 3 aliphatic rings. The number of hydrogen-bond donors (Lipinski definition) is 0. The molecule has 3 aliphatic heterocycles. The van der Waals surface area contributed by atoms with Crippen molar-refractivity contribution < 1.29 is 27.0 Å². The second kappa shape index (κ2) is 4.86. The van der Waals surface area contributed by atoms with Gasteiger partial charge in [-0.25, -0.2) is 0 Å². The van der Waals surface area contributed by atoms with Crippen molar-refractivity contribution in [2.75, 3.05) is 0 Å². The number of aryl methyl sites for hydroxylation is 1. The maximum absolute atomic E-state index is 12.4. The van der Waals surface area contributed by atoms with Crippen molar-refractivity contribution in [1.29, 1.82) is 0 Å². The van der Waals surface area contributed by atoms with Crippen LogP contribution in [0.5, 0.6) is 0 Å². The SMILES string of the molecule is Cc1ccc(S(=O)(=O)ON2C(=O)C3C4CCC(O4)C3C2=O)cc1. The molecule has 0 N–H and O–H groups in total. The van der Waals surface area contributed by atoms with E-state index in [1.54, 1.807) is 12.1 Å². The zero-order valence-electron chi connectivity index (χ0n) is 12.3. The summed E-state index contributed by atoms with van der Waals surface area (Å²) in [6.45, 7) is 1.82. The van der Waals surface area contributed by atoms with Crippen LogP contribution in [-0.4, -0.2) is 37.5 Å². The molecule has 0 radical (unpaired) electrons. The smallest absolute Gasteiger partial charge is 0.318 e. The van der Waals surface area contributed by atoms with Gasteiger partial charge in [0.25, 0.3) is 11.8 Å². The summed E-state index contributed by atoms with van der Waals surface area (Å²) in [5.74, 6) is -2.48. The maximum atomic E-state index is 12.4. The molecule has 122 valence electrons. The molecule has 4 rings (SSSR count). The number of amides is 2. The minimum atomic E-state index is -4.23. The van der Waals surface area contributed by atoms with Gasteiger partial charge >= 0.3 is 10.1 Å². The quantitative estimate of drug-likeness (QED) is 0.757. The number of hydroxylamine groups is 2. The third-order valence-corrected chi connectivity index (χ3v) is 5.92. The molecule has 0 spiro atoms. The van der Waals surface area contributed by atoms with Crippen LogP contribution in [-0.2, 0) is 28.7 Å². The minimum absolute atomic E-state index is 0.0972. The molecule has 2 bridgehead atoms. The number of rotatable bonds is 3. The van der Waals surface area contributed by atoms with Gasteiger partial charge in [0.1, 0.15) is 0 Å². The average Bonchev–Trinajstić information content (AvgIpc) is 3.17. The second-order valence-corrected chi connectivity index (χ2v) is 7.68. The van der Waals surface area contributed by atoms with E-state index in [9.17, 15) is 18.0 Å². The molecule has 0 saturated carbocycles. The molecule has 0 aliphatic carbocycles. The molecule has 2 amide bonds. The van der Waals surface area contributed by atoms with Gasteiger partial charge < -0.3 is 4.74 Å². The van der Waals surface area contributed by atoms with E-state index in [1.165, 1.54) is 12.1 Å². The lowest BCUT2D eigenvalue weighted by molar-refractivity contribution is -0.168. The molecule has 8 heteroatoms. The molecule has 4 atom stereocenters. The number of ether oxygens (including phenoxy) is 1. The summed E-state index contributed by atoms with van der Waals surface area (Å²) in [7, 11) is -4.23. The Balaban J connectivity index is 1.61. The Morgan fingerprint density at radius 3 is 2.09 bits per heavy atom. The van der Waals surface area contributed by atoms with Crippen LogP contribution in [0.1, 0.15) is 18.4 Å². The van der Waals surface area contributed by atoms with Crippen molar-refractivity contribution in [1.82, 2.24) is 5.06 Å². The number of benzene rings is 1. The summed E-state index contributed by atoms with van der Waals surface area (Å²) >= 11 is 0. The van der Waals surface area contributed by atoms with Gasteiger partial charge in [0.15, 0.2) is 0 Å². The van der Waals surface area contributed by atoms with Gasteiger partial charge in [0.2, 0.25) is 0 Å². The summed E-state index contributed by atoms with van der Waals surface area (Å²) in [5, 5.41) is 0.415. The Morgan fingerprint density at radius 1 is 1.04 bits per heavy atom. The molecule has 3 fully saturated rings. The number of carbonyl (C=O) groups excluding carboxylic acids is 2. The molecule has 1 aromatic carbocycles. The Hall–Kier alpha value is -1.77. The molecular weight excluding hydrogens is 322 g/mol. The summed E-state index contributed by atoms with van der Waals surface area (Å²) < 4.78 is 35.0. The van der Waals surface area contributed by atoms with E-state index in [4.69, 9.17) is 9.02 Å². The van der Waals surface area contributed by atoms with E-state index in [2.05, 4.69) is 0 Å².